The fourth-order valence-corrected chi connectivity index (χ4v) is 2.96. The molecule has 2 saturated heterocycles. The first-order valence-corrected chi connectivity index (χ1v) is 5.60. The molecule has 2 heterocycles. The summed E-state index contributed by atoms with van der Waals surface area (Å²) in [7, 11) is 0. The van der Waals surface area contributed by atoms with Crippen molar-refractivity contribution in [3.63, 3.8) is 0 Å². The number of hydrogen-bond acceptors (Lipinski definition) is 3. The third-order valence-electron chi connectivity index (χ3n) is 3.96. The topological polar surface area (TPSA) is 55.8 Å². The molecule has 0 aromatic rings. The van der Waals surface area contributed by atoms with Crippen LogP contribution in [0.2, 0.25) is 0 Å². The van der Waals surface area contributed by atoms with E-state index in [0.29, 0.717) is 26.2 Å². The van der Waals surface area contributed by atoms with Crippen LogP contribution in [0, 0.1) is 11.3 Å². The maximum absolute atomic E-state index is 11.5. The van der Waals surface area contributed by atoms with Crippen LogP contribution >= 0.6 is 0 Å². The Morgan fingerprint density at radius 1 is 1.33 bits per heavy atom. The summed E-state index contributed by atoms with van der Waals surface area (Å²) < 4.78 is 10.7. The predicted octanol–water partition coefficient (Wildman–Crippen LogP) is 1.29. The molecule has 0 aromatic carbocycles. The van der Waals surface area contributed by atoms with E-state index in [1.807, 2.05) is 6.92 Å². The lowest BCUT2D eigenvalue weighted by Gasteiger charge is -2.38. The van der Waals surface area contributed by atoms with Crippen LogP contribution in [-0.2, 0) is 14.3 Å². The van der Waals surface area contributed by atoms with Gasteiger partial charge in [0.15, 0.2) is 0 Å². The molecule has 2 fully saturated rings. The molecule has 0 saturated carbocycles. The predicted molar refractivity (Wildman–Crippen MR) is 53.6 cm³/mol. The van der Waals surface area contributed by atoms with Gasteiger partial charge < -0.3 is 14.6 Å². The third-order valence-corrected chi connectivity index (χ3v) is 3.96. The SMILES string of the molecule is CC1OCCC1(C(=O)O)C1CCOCC1. The number of ether oxygens (including phenoxy) is 2. The zero-order valence-electron chi connectivity index (χ0n) is 9.07. The van der Waals surface area contributed by atoms with Crippen LogP contribution in [0.15, 0.2) is 0 Å². The van der Waals surface area contributed by atoms with Gasteiger partial charge in [-0.2, -0.15) is 0 Å². The molecule has 2 unspecified atom stereocenters. The minimum absolute atomic E-state index is 0.168. The van der Waals surface area contributed by atoms with Gasteiger partial charge >= 0.3 is 5.97 Å². The van der Waals surface area contributed by atoms with Gasteiger partial charge in [-0.3, -0.25) is 4.79 Å². The first-order valence-electron chi connectivity index (χ1n) is 5.60. The molecular formula is C11H18O4. The smallest absolute Gasteiger partial charge is 0.312 e. The first kappa shape index (κ1) is 10.9. The van der Waals surface area contributed by atoms with Crippen molar-refractivity contribution in [2.75, 3.05) is 19.8 Å². The molecule has 86 valence electrons. The molecule has 2 atom stereocenters. The second-order valence-electron chi connectivity index (χ2n) is 4.50. The Morgan fingerprint density at radius 3 is 2.47 bits per heavy atom. The number of rotatable bonds is 2. The highest BCUT2D eigenvalue weighted by atomic mass is 16.5. The van der Waals surface area contributed by atoms with Gasteiger partial charge in [-0.1, -0.05) is 0 Å². The average molecular weight is 214 g/mol. The normalized spacial score (nSPS) is 38.1. The van der Waals surface area contributed by atoms with E-state index in [1.54, 1.807) is 0 Å². The molecule has 0 bridgehead atoms. The highest BCUT2D eigenvalue weighted by Crippen LogP contribution is 2.46. The van der Waals surface area contributed by atoms with Crippen molar-refractivity contribution in [1.29, 1.82) is 0 Å². The zero-order valence-corrected chi connectivity index (χ0v) is 9.07. The fraction of sp³-hybridized carbons (Fsp3) is 0.909. The fourth-order valence-electron chi connectivity index (χ4n) is 2.96. The summed E-state index contributed by atoms with van der Waals surface area (Å²) in [5, 5.41) is 9.47. The summed E-state index contributed by atoms with van der Waals surface area (Å²) in [6.07, 6.45) is 2.17. The summed E-state index contributed by atoms with van der Waals surface area (Å²) in [5.74, 6) is -0.486. The van der Waals surface area contributed by atoms with Gasteiger partial charge in [0.1, 0.15) is 0 Å². The average Bonchev–Trinajstić information content (AvgIpc) is 2.62. The van der Waals surface area contributed by atoms with Crippen molar-refractivity contribution in [1.82, 2.24) is 0 Å². The Bertz CT molecular complexity index is 247. The molecular weight excluding hydrogens is 196 g/mol. The maximum atomic E-state index is 11.5. The van der Waals surface area contributed by atoms with Crippen LogP contribution in [0.4, 0.5) is 0 Å². The quantitative estimate of drug-likeness (QED) is 0.752. The second-order valence-corrected chi connectivity index (χ2v) is 4.50. The summed E-state index contributed by atoms with van der Waals surface area (Å²) in [4.78, 5) is 11.5. The third kappa shape index (κ3) is 1.66. The number of aliphatic carboxylic acids is 1. The summed E-state index contributed by atoms with van der Waals surface area (Å²) in [6, 6.07) is 0. The van der Waals surface area contributed by atoms with Crippen molar-refractivity contribution < 1.29 is 19.4 Å². The minimum atomic E-state index is -0.695. The highest BCUT2D eigenvalue weighted by molar-refractivity contribution is 5.76. The summed E-state index contributed by atoms with van der Waals surface area (Å²) in [6.45, 7) is 3.83. The standard InChI is InChI=1S/C11H18O4/c1-8-11(10(12)13,4-7-15-8)9-2-5-14-6-3-9/h8-9H,2-7H2,1H3,(H,12,13). The highest BCUT2D eigenvalue weighted by Gasteiger charge is 2.53. The molecule has 0 aliphatic carbocycles. The van der Waals surface area contributed by atoms with Crippen LogP contribution in [0.5, 0.6) is 0 Å². The monoisotopic (exact) mass is 214 g/mol. The van der Waals surface area contributed by atoms with E-state index in [2.05, 4.69) is 0 Å². The molecule has 0 radical (unpaired) electrons. The van der Waals surface area contributed by atoms with Crippen molar-refractivity contribution in [2.24, 2.45) is 11.3 Å². The van der Waals surface area contributed by atoms with E-state index < -0.39 is 11.4 Å². The van der Waals surface area contributed by atoms with Gasteiger partial charge in [0, 0.05) is 19.8 Å². The molecule has 1 N–H and O–H groups in total. The number of carbonyl (C=O) groups is 1. The molecule has 0 amide bonds. The first-order chi connectivity index (χ1) is 7.18. The molecule has 2 rings (SSSR count). The van der Waals surface area contributed by atoms with E-state index in [-0.39, 0.29) is 12.0 Å². The Kier molecular flexibility index (Phi) is 2.98. The van der Waals surface area contributed by atoms with Crippen molar-refractivity contribution in [3.05, 3.63) is 0 Å². The van der Waals surface area contributed by atoms with Gasteiger partial charge in [-0.05, 0) is 32.1 Å². The van der Waals surface area contributed by atoms with Crippen LogP contribution < -0.4 is 0 Å². The van der Waals surface area contributed by atoms with Gasteiger partial charge in [-0.25, -0.2) is 0 Å². The van der Waals surface area contributed by atoms with E-state index in [1.165, 1.54) is 0 Å². The zero-order chi connectivity index (χ0) is 10.9. The van der Waals surface area contributed by atoms with E-state index >= 15 is 0 Å². The Balaban J connectivity index is 2.21. The number of hydrogen-bond donors (Lipinski definition) is 1. The number of carboxylic acid groups (broad SMARTS) is 1. The Hall–Kier alpha value is -0.610. The second kappa shape index (κ2) is 4.10. The van der Waals surface area contributed by atoms with Gasteiger partial charge in [0.05, 0.1) is 11.5 Å². The molecule has 0 aromatic heterocycles. The van der Waals surface area contributed by atoms with E-state index in [4.69, 9.17) is 9.47 Å². The van der Waals surface area contributed by atoms with Crippen molar-refractivity contribution >= 4 is 5.97 Å². The van der Waals surface area contributed by atoms with Gasteiger partial charge in [-0.15, -0.1) is 0 Å². The van der Waals surface area contributed by atoms with Gasteiger partial charge in [0.2, 0.25) is 0 Å². The van der Waals surface area contributed by atoms with Crippen molar-refractivity contribution in [3.8, 4) is 0 Å². The Morgan fingerprint density at radius 2 is 2.00 bits per heavy atom. The molecule has 2 aliphatic heterocycles. The molecule has 15 heavy (non-hydrogen) atoms. The van der Waals surface area contributed by atoms with Crippen LogP contribution in [0.3, 0.4) is 0 Å². The lowest BCUT2D eigenvalue weighted by Crippen LogP contribution is -2.46. The summed E-state index contributed by atoms with van der Waals surface area (Å²) in [5.41, 5.74) is -0.663. The maximum Gasteiger partial charge on any atom is 0.312 e. The molecule has 4 nitrogen and oxygen atoms in total. The van der Waals surface area contributed by atoms with Crippen molar-refractivity contribution in [2.45, 2.75) is 32.3 Å². The van der Waals surface area contributed by atoms with Crippen LogP contribution in [0.1, 0.15) is 26.2 Å². The van der Waals surface area contributed by atoms with E-state index in [9.17, 15) is 9.90 Å². The summed E-state index contributed by atoms with van der Waals surface area (Å²) >= 11 is 0. The molecule has 0 spiro atoms. The van der Waals surface area contributed by atoms with Crippen LogP contribution in [-0.4, -0.2) is 37.0 Å². The lowest BCUT2D eigenvalue weighted by atomic mass is 9.67. The molecule has 2 aliphatic rings. The van der Waals surface area contributed by atoms with E-state index in [0.717, 1.165) is 12.8 Å². The van der Waals surface area contributed by atoms with Gasteiger partial charge in [0.25, 0.3) is 0 Å². The van der Waals surface area contributed by atoms with Crippen LogP contribution in [0.25, 0.3) is 0 Å². The lowest BCUT2D eigenvalue weighted by molar-refractivity contribution is -0.159. The Labute approximate surface area is 89.6 Å². The minimum Gasteiger partial charge on any atom is -0.481 e. The number of carboxylic acids is 1. The molecule has 4 heteroatoms. The largest absolute Gasteiger partial charge is 0.481 e.